The Bertz CT molecular complexity index is 1310. The van der Waals surface area contributed by atoms with Crippen LogP contribution in [0.1, 0.15) is 24.8 Å². The maximum atomic E-state index is 14.9. The van der Waals surface area contributed by atoms with Gasteiger partial charge in [0, 0.05) is 43.5 Å². The fourth-order valence-corrected chi connectivity index (χ4v) is 5.60. The summed E-state index contributed by atoms with van der Waals surface area (Å²) in [6.45, 7) is -1.01. The quantitative estimate of drug-likeness (QED) is 0.455. The third kappa shape index (κ3) is 4.93. The van der Waals surface area contributed by atoms with Crippen LogP contribution in [0.4, 0.5) is 40.7 Å². The zero-order chi connectivity index (χ0) is 27.5. The summed E-state index contributed by atoms with van der Waals surface area (Å²) in [4.78, 5) is 12.2. The monoisotopic (exact) mass is 568 g/mol. The first-order chi connectivity index (χ1) is 18.6. The van der Waals surface area contributed by atoms with Crippen molar-refractivity contribution in [3.63, 3.8) is 0 Å². The molecule has 3 N–H and O–H groups in total. The van der Waals surface area contributed by atoms with Crippen LogP contribution in [0.2, 0.25) is 5.02 Å². The van der Waals surface area contributed by atoms with Gasteiger partial charge in [0.2, 0.25) is 5.95 Å². The summed E-state index contributed by atoms with van der Waals surface area (Å²) in [5.41, 5.74) is 2.72. The molecule has 1 aromatic heterocycles. The van der Waals surface area contributed by atoms with Crippen LogP contribution < -0.4 is 20.4 Å². The number of hydrogen-bond acceptors (Lipinski definition) is 8. The van der Waals surface area contributed by atoms with E-state index in [1.165, 1.54) is 6.20 Å². The highest BCUT2D eigenvalue weighted by Crippen LogP contribution is 2.45. The predicted molar refractivity (Wildman–Crippen MR) is 140 cm³/mol. The smallest absolute Gasteiger partial charge is 0.301 e. The first-order valence-electron chi connectivity index (χ1n) is 12.9. The highest BCUT2D eigenvalue weighted by atomic mass is 35.5. The molecule has 210 valence electrons. The lowest BCUT2D eigenvalue weighted by atomic mass is 9.94. The molecule has 0 bridgehead atoms. The Kier molecular flexibility index (Phi) is 6.45. The fraction of sp³-hybridized carbons (Fsp3) is 0.538. The Labute approximate surface area is 228 Å². The van der Waals surface area contributed by atoms with Gasteiger partial charge in [0.25, 0.3) is 5.92 Å². The van der Waals surface area contributed by atoms with Crippen LogP contribution in [0.25, 0.3) is 5.70 Å². The SMILES string of the molecule is CN1CC2=C(N[C@@H](C3CC3)C(F)(F)CO2)c2cc(Nc3nc(N4CCC(F)(F)[C@@H](CO)C4)ncc3Cl)ccc21. The number of ether oxygens (including phenoxy) is 1. The van der Waals surface area contributed by atoms with Crippen molar-refractivity contribution in [1.82, 2.24) is 15.3 Å². The van der Waals surface area contributed by atoms with Gasteiger partial charge < -0.3 is 30.3 Å². The number of halogens is 5. The van der Waals surface area contributed by atoms with Gasteiger partial charge >= 0.3 is 5.92 Å². The number of fused-ring (bicyclic) bond motifs is 2. The Morgan fingerprint density at radius 2 is 2.03 bits per heavy atom. The lowest BCUT2D eigenvalue weighted by Crippen LogP contribution is -2.49. The van der Waals surface area contributed by atoms with E-state index >= 15 is 0 Å². The summed E-state index contributed by atoms with van der Waals surface area (Å²) in [6, 6.07) is 4.53. The van der Waals surface area contributed by atoms with Gasteiger partial charge in [-0.2, -0.15) is 4.98 Å². The highest BCUT2D eigenvalue weighted by molar-refractivity contribution is 6.32. The van der Waals surface area contributed by atoms with Gasteiger partial charge in [-0.1, -0.05) is 11.6 Å². The van der Waals surface area contributed by atoms with Crippen LogP contribution in [0.3, 0.4) is 0 Å². The molecule has 4 heterocycles. The van der Waals surface area contributed by atoms with E-state index in [0.29, 0.717) is 29.3 Å². The maximum Gasteiger partial charge on any atom is 0.301 e. The van der Waals surface area contributed by atoms with E-state index < -0.39 is 43.4 Å². The van der Waals surface area contributed by atoms with Crippen molar-refractivity contribution in [2.45, 2.75) is 37.1 Å². The fourth-order valence-electron chi connectivity index (χ4n) is 5.47. The molecule has 1 aromatic carbocycles. The molecule has 13 heteroatoms. The minimum absolute atomic E-state index is 0.0329. The number of likely N-dealkylation sites (N-methyl/N-ethyl adjacent to an activating group) is 1. The first-order valence-corrected chi connectivity index (χ1v) is 13.3. The largest absolute Gasteiger partial charge is 0.487 e. The van der Waals surface area contributed by atoms with Crippen molar-refractivity contribution in [2.24, 2.45) is 11.8 Å². The van der Waals surface area contributed by atoms with E-state index in [-0.39, 0.29) is 35.8 Å². The number of anilines is 4. The van der Waals surface area contributed by atoms with Gasteiger partial charge in [-0.05, 0) is 37.0 Å². The van der Waals surface area contributed by atoms with E-state index in [1.54, 1.807) is 4.90 Å². The molecular weight excluding hydrogens is 540 g/mol. The lowest BCUT2D eigenvalue weighted by molar-refractivity contribution is -0.0882. The average molecular weight is 569 g/mol. The summed E-state index contributed by atoms with van der Waals surface area (Å²) >= 11 is 6.38. The summed E-state index contributed by atoms with van der Waals surface area (Å²) in [6.07, 6.45) is 2.49. The third-order valence-corrected chi connectivity index (χ3v) is 8.15. The molecule has 8 nitrogen and oxygen atoms in total. The summed E-state index contributed by atoms with van der Waals surface area (Å²) in [5, 5.41) is 16.0. The van der Waals surface area contributed by atoms with Crippen molar-refractivity contribution in [3.8, 4) is 0 Å². The van der Waals surface area contributed by atoms with Crippen molar-refractivity contribution in [3.05, 3.63) is 40.7 Å². The van der Waals surface area contributed by atoms with Gasteiger partial charge in [-0.3, -0.25) is 0 Å². The Morgan fingerprint density at radius 1 is 1.23 bits per heavy atom. The zero-order valence-electron chi connectivity index (χ0n) is 21.2. The number of nitrogens with zero attached hydrogens (tertiary/aromatic N) is 4. The Morgan fingerprint density at radius 3 is 2.77 bits per heavy atom. The molecule has 0 amide bonds. The molecule has 2 fully saturated rings. The van der Waals surface area contributed by atoms with Gasteiger partial charge in [-0.15, -0.1) is 0 Å². The molecule has 1 saturated heterocycles. The molecule has 39 heavy (non-hydrogen) atoms. The standard InChI is InChI=1S/C26H29ClF4N6O2/c1-36-11-20-21(34-22(14-2-3-14)26(30,31)13-39-20)17-8-16(4-5-19(17)36)33-23-18(27)9-32-24(35-23)37-7-6-25(28,29)15(10-37)12-38/h4-5,8-9,14-15,22,34,38H,2-3,6-7,10-13H2,1H3,(H,32,33,35)/t15-,22+/m1/s1. The number of nitrogens with one attached hydrogen (secondary N) is 2. The normalized spacial score (nSPS) is 25.7. The molecule has 4 aliphatic rings. The minimum atomic E-state index is -2.99. The summed E-state index contributed by atoms with van der Waals surface area (Å²) < 4.78 is 63.6. The number of aliphatic hydroxyl groups excluding tert-OH is 1. The summed E-state index contributed by atoms with van der Waals surface area (Å²) in [5.74, 6) is -6.32. The summed E-state index contributed by atoms with van der Waals surface area (Å²) in [7, 11) is 1.87. The molecule has 2 aromatic rings. The van der Waals surface area contributed by atoms with Crippen molar-refractivity contribution in [2.75, 3.05) is 55.0 Å². The second kappa shape index (κ2) is 9.58. The van der Waals surface area contributed by atoms with Crippen molar-refractivity contribution in [1.29, 1.82) is 0 Å². The van der Waals surface area contributed by atoms with E-state index in [0.717, 1.165) is 18.5 Å². The van der Waals surface area contributed by atoms with Gasteiger partial charge in [0.15, 0.2) is 12.4 Å². The molecule has 0 unspecified atom stereocenters. The van der Waals surface area contributed by atoms with E-state index in [2.05, 4.69) is 20.6 Å². The van der Waals surface area contributed by atoms with Crippen LogP contribution >= 0.6 is 11.6 Å². The number of benzene rings is 1. The number of hydrogen-bond donors (Lipinski definition) is 3. The number of piperidine rings is 1. The van der Waals surface area contributed by atoms with Crippen LogP contribution in [0.15, 0.2) is 30.2 Å². The van der Waals surface area contributed by atoms with Crippen LogP contribution in [-0.4, -0.2) is 72.9 Å². The van der Waals surface area contributed by atoms with Crippen LogP contribution in [0.5, 0.6) is 0 Å². The second-order valence-corrected chi connectivity index (χ2v) is 11.1. The number of alkyl halides is 4. The zero-order valence-corrected chi connectivity index (χ0v) is 22.0. The molecule has 0 spiro atoms. The number of aromatic nitrogens is 2. The van der Waals surface area contributed by atoms with Crippen LogP contribution in [0, 0.1) is 11.8 Å². The number of aliphatic hydroxyl groups is 1. The van der Waals surface area contributed by atoms with Gasteiger partial charge in [-0.25, -0.2) is 22.5 Å². The Balaban J connectivity index is 1.29. The van der Waals surface area contributed by atoms with Crippen molar-refractivity contribution < 1.29 is 27.4 Å². The second-order valence-electron chi connectivity index (χ2n) is 10.7. The first kappa shape index (κ1) is 26.2. The highest BCUT2D eigenvalue weighted by Gasteiger charge is 2.51. The molecular formula is C26H29ClF4N6O2. The van der Waals surface area contributed by atoms with Crippen molar-refractivity contribution >= 4 is 40.4 Å². The molecule has 0 radical (unpaired) electrons. The topological polar surface area (TPSA) is 85.8 Å². The number of rotatable bonds is 5. The van der Waals surface area contributed by atoms with E-state index in [1.807, 2.05) is 30.1 Å². The Hall–Kier alpha value is -2.99. The molecule has 2 atom stereocenters. The average Bonchev–Trinajstić information content (AvgIpc) is 3.74. The third-order valence-electron chi connectivity index (χ3n) is 7.87. The lowest BCUT2D eigenvalue weighted by Gasteiger charge is -2.37. The van der Waals surface area contributed by atoms with Gasteiger partial charge in [0.05, 0.1) is 37.0 Å². The van der Waals surface area contributed by atoms with E-state index in [4.69, 9.17) is 16.3 Å². The molecule has 3 aliphatic heterocycles. The molecule has 1 aliphatic carbocycles. The molecule has 1 saturated carbocycles. The molecule has 6 rings (SSSR count). The maximum absolute atomic E-state index is 14.9. The predicted octanol–water partition coefficient (Wildman–Crippen LogP) is 4.48. The van der Waals surface area contributed by atoms with E-state index in [9.17, 15) is 22.7 Å². The van der Waals surface area contributed by atoms with Crippen LogP contribution in [-0.2, 0) is 4.74 Å². The van der Waals surface area contributed by atoms with Gasteiger partial charge in [0.1, 0.15) is 10.8 Å². The minimum Gasteiger partial charge on any atom is -0.487 e.